The summed E-state index contributed by atoms with van der Waals surface area (Å²) in [6, 6.07) is 14.9. The predicted molar refractivity (Wildman–Crippen MR) is 78.2 cm³/mol. The molecule has 3 N–H and O–H groups in total. The SMILES string of the molecule is N#Cc1ccc(NC(=O)[C@H](N)c2ccccc2)c(Cl)c1. The van der Waals surface area contributed by atoms with Crippen LogP contribution in [0.3, 0.4) is 0 Å². The second-order valence-corrected chi connectivity index (χ2v) is 4.59. The zero-order valence-electron chi connectivity index (χ0n) is 10.5. The Bertz CT molecular complexity index is 665. The Kier molecular flexibility index (Phi) is 4.36. The van der Waals surface area contributed by atoms with Gasteiger partial charge in [0.25, 0.3) is 0 Å². The maximum absolute atomic E-state index is 12.1. The molecule has 1 atom stereocenters. The first-order valence-electron chi connectivity index (χ1n) is 5.93. The van der Waals surface area contributed by atoms with E-state index in [1.165, 1.54) is 6.07 Å². The van der Waals surface area contributed by atoms with Gasteiger partial charge in [0.2, 0.25) is 5.91 Å². The molecule has 2 aromatic rings. The Morgan fingerprint density at radius 1 is 1.25 bits per heavy atom. The van der Waals surface area contributed by atoms with Crippen molar-refractivity contribution >= 4 is 23.2 Å². The molecule has 0 spiro atoms. The van der Waals surface area contributed by atoms with Crippen molar-refractivity contribution in [2.24, 2.45) is 5.73 Å². The molecular formula is C15H12ClN3O. The van der Waals surface area contributed by atoms with Crippen LogP contribution in [0.1, 0.15) is 17.2 Å². The second kappa shape index (κ2) is 6.20. The quantitative estimate of drug-likeness (QED) is 0.910. The summed E-state index contributed by atoms with van der Waals surface area (Å²) >= 11 is 6.00. The van der Waals surface area contributed by atoms with Gasteiger partial charge in [-0.3, -0.25) is 4.79 Å². The van der Waals surface area contributed by atoms with Gasteiger partial charge >= 0.3 is 0 Å². The number of benzene rings is 2. The molecule has 0 heterocycles. The summed E-state index contributed by atoms with van der Waals surface area (Å²) in [6.45, 7) is 0. The van der Waals surface area contributed by atoms with Crippen molar-refractivity contribution in [3.63, 3.8) is 0 Å². The number of nitrogens with two attached hydrogens (primary N) is 1. The monoisotopic (exact) mass is 285 g/mol. The summed E-state index contributed by atoms with van der Waals surface area (Å²) in [6.07, 6.45) is 0. The van der Waals surface area contributed by atoms with Crippen LogP contribution in [0, 0.1) is 11.3 Å². The minimum absolute atomic E-state index is 0.303. The minimum Gasteiger partial charge on any atom is -0.323 e. The highest BCUT2D eigenvalue weighted by atomic mass is 35.5. The zero-order chi connectivity index (χ0) is 14.5. The van der Waals surface area contributed by atoms with Crippen LogP contribution >= 0.6 is 11.6 Å². The topological polar surface area (TPSA) is 78.9 Å². The number of carbonyl (C=O) groups is 1. The number of amides is 1. The normalized spacial score (nSPS) is 11.4. The summed E-state index contributed by atoms with van der Waals surface area (Å²) in [5, 5.41) is 11.7. The van der Waals surface area contributed by atoms with E-state index < -0.39 is 6.04 Å². The number of carbonyl (C=O) groups excluding carboxylic acids is 1. The van der Waals surface area contributed by atoms with Gasteiger partial charge in [-0.05, 0) is 23.8 Å². The third-order valence-corrected chi connectivity index (χ3v) is 3.11. The number of nitriles is 1. The molecule has 0 aliphatic carbocycles. The van der Waals surface area contributed by atoms with Crippen LogP contribution in [0.2, 0.25) is 5.02 Å². The van der Waals surface area contributed by atoms with Crippen molar-refractivity contribution in [3.8, 4) is 6.07 Å². The van der Waals surface area contributed by atoms with Gasteiger partial charge in [0, 0.05) is 0 Å². The molecule has 0 aliphatic rings. The smallest absolute Gasteiger partial charge is 0.245 e. The molecular weight excluding hydrogens is 274 g/mol. The van der Waals surface area contributed by atoms with Crippen molar-refractivity contribution in [2.75, 3.05) is 5.32 Å². The first kappa shape index (κ1) is 14.1. The standard InChI is InChI=1S/C15H12ClN3O/c16-12-8-10(9-17)6-7-13(12)19-15(20)14(18)11-4-2-1-3-5-11/h1-8,14H,18H2,(H,19,20)/t14-/m1/s1. The molecule has 20 heavy (non-hydrogen) atoms. The van der Waals surface area contributed by atoms with Crippen LogP contribution in [-0.4, -0.2) is 5.91 Å². The van der Waals surface area contributed by atoms with Crippen molar-refractivity contribution in [1.29, 1.82) is 5.26 Å². The van der Waals surface area contributed by atoms with Crippen molar-refractivity contribution in [1.82, 2.24) is 0 Å². The molecule has 0 aromatic heterocycles. The average molecular weight is 286 g/mol. The van der Waals surface area contributed by atoms with Crippen LogP contribution < -0.4 is 11.1 Å². The number of anilines is 1. The van der Waals surface area contributed by atoms with E-state index in [1.54, 1.807) is 24.3 Å². The zero-order valence-corrected chi connectivity index (χ0v) is 11.3. The van der Waals surface area contributed by atoms with Crippen LogP contribution in [0.5, 0.6) is 0 Å². The highest BCUT2D eigenvalue weighted by Gasteiger charge is 2.16. The Morgan fingerprint density at radius 2 is 1.95 bits per heavy atom. The van der Waals surface area contributed by atoms with E-state index in [4.69, 9.17) is 22.6 Å². The largest absolute Gasteiger partial charge is 0.323 e. The third-order valence-electron chi connectivity index (χ3n) is 2.80. The summed E-state index contributed by atoms with van der Waals surface area (Å²) in [4.78, 5) is 12.1. The van der Waals surface area contributed by atoms with Gasteiger partial charge in [0.15, 0.2) is 0 Å². The minimum atomic E-state index is -0.775. The van der Waals surface area contributed by atoms with Crippen LogP contribution in [0.25, 0.3) is 0 Å². The first-order valence-corrected chi connectivity index (χ1v) is 6.30. The Morgan fingerprint density at radius 3 is 2.55 bits per heavy atom. The predicted octanol–water partition coefficient (Wildman–Crippen LogP) is 2.85. The van der Waals surface area contributed by atoms with Crippen LogP contribution in [0.4, 0.5) is 5.69 Å². The highest BCUT2D eigenvalue weighted by Crippen LogP contribution is 2.24. The van der Waals surface area contributed by atoms with Gasteiger partial charge in [-0.1, -0.05) is 41.9 Å². The lowest BCUT2D eigenvalue weighted by atomic mass is 10.1. The van der Waals surface area contributed by atoms with Gasteiger partial charge in [-0.15, -0.1) is 0 Å². The Labute approximate surface area is 121 Å². The Balaban J connectivity index is 2.14. The number of rotatable bonds is 3. The molecule has 4 nitrogen and oxygen atoms in total. The molecule has 0 bridgehead atoms. The van der Waals surface area contributed by atoms with E-state index in [9.17, 15) is 4.79 Å². The number of hydrogen-bond donors (Lipinski definition) is 2. The van der Waals surface area contributed by atoms with Crippen molar-refractivity contribution in [3.05, 3.63) is 64.7 Å². The second-order valence-electron chi connectivity index (χ2n) is 4.18. The number of halogens is 1. The summed E-state index contributed by atoms with van der Waals surface area (Å²) < 4.78 is 0. The van der Waals surface area contributed by atoms with E-state index in [0.29, 0.717) is 16.3 Å². The fourth-order valence-electron chi connectivity index (χ4n) is 1.71. The van der Waals surface area contributed by atoms with Gasteiger partial charge in [0.05, 0.1) is 22.3 Å². The van der Waals surface area contributed by atoms with E-state index in [1.807, 2.05) is 24.3 Å². The molecule has 0 aliphatic heterocycles. The molecule has 0 unspecified atom stereocenters. The summed E-state index contributed by atoms with van der Waals surface area (Å²) in [7, 11) is 0. The Hall–Kier alpha value is -2.35. The molecule has 0 radical (unpaired) electrons. The number of hydrogen-bond acceptors (Lipinski definition) is 3. The van der Waals surface area contributed by atoms with Crippen LogP contribution in [-0.2, 0) is 4.79 Å². The number of nitrogens with zero attached hydrogens (tertiary/aromatic N) is 1. The molecule has 0 fully saturated rings. The number of nitrogens with one attached hydrogen (secondary N) is 1. The maximum atomic E-state index is 12.1. The lowest BCUT2D eigenvalue weighted by molar-refractivity contribution is -0.117. The van der Waals surface area contributed by atoms with Crippen molar-refractivity contribution < 1.29 is 4.79 Å². The molecule has 100 valence electrons. The van der Waals surface area contributed by atoms with E-state index in [2.05, 4.69) is 5.32 Å². The molecule has 0 saturated heterocycles. The fourth-order valence-corrected chi connectivity index (χ4v) is 1.94. The summed E-state index contributed by atoms with van der Waals surface area (Å²) in [5.74, 6) is -0.359. The van der Waals surface area contributed by atoms with E-state index in [0.717, 1.165) is 5.56 Å². The molecule has 0 saturated carbocycles. The molecule has 2 aromatic carbocycles. The lowest BCUT2D eigenvalue weighted by Crippen LogP contribution is -2.27. The maximum Gasteiger partial charge on any atom is 0.245 e. The summed E-state index contributed by atoms with van der Waals surface area (Å²) in [5.41, 5.74) is 7.47. The van der Waals surface area contributed by atoms with Crippen LogP contribution in [0.15, 0.2) is 48.5 Å². The van der Waals surface area contributed by atoms with Gasteiger partial charge in [-0.25, -0.2) is 0 Å². The van der Waals surface area contributed by atoms with Gasteiger partial charge < -0.3 is 11.1 Å². The fraction of sp³-hybridized carbons (Fsp3) is 0.0667. The highest BCUT2D eigenvalue weighted by molar-refractivity contribution is 6.33. The van der Waals surface area contributed by atoms with E-state index in [-0.39, 0.29) is 5.91 Å². The first-order chi connectivity index (χ1) is 9.61. The van der Waals surface area contributed by atoms with E-state index >= 15 is 0 Å². The molecule has 1 amide bonds. The third kappa shape index (κ3) is 3.15. The lowest BCUT2D eigenvalue weighted by Gasteiger charge is -2.13. The van der Waals surface area contributed by atoms with Crippen molar-refractivity contribution in [2.45, 2.75) is 6.04 Å². The average Bonchev–Trinajstić information content (AvgIpc) is 2.49. The molecule has 5 heteroatoms. The van der Waals surface area contributed by atoms with Gasteiger partial charge in [-0.2, -0.15) is 5.26 Å². The molecule has 2 rings (SSSR count). The van der Waals surface area contributed by atoms with Gasteiger partial charge in [0.1, 0.15) is 6.04 Å².